The number of ether oxygens (including phenoxy) is 1. The summed E-state index contributed by atoms with van der Waals surface area (Å²) in [6, 6.07) is 2.08. The summed E-state index contributed by atoms with van der Waals surface area (Å²) in [6.45, 7) is 11.3. The van der Waals surface area contributed by atoms with Gasteiger partial charge in [-0.05, 0) is 39.7 Å². The van der Waals surface area contributed by atoms with Crippen LogP contribution in [-0.4, -0.2) is 35.8 Å². The van der Waals surface area contributed by atoms with Gasteiger partial charge in [-0.2, -0.15) is 0 Å². The van der Waals surface area contributed by atoms with E-state index in [9.17, 15) is 4.79 Å². The molecule has 1 fully saturated rings. The molecule has 3 N–H and O–H groups in total. The smallest absolute Gasteiger partial charge is 0.407 e. The van der Waals surface area contributed by atoms with Crippen molar-refractivity contribution >= 4 is 17.5 Å². The van der Waals surface area contributed by atoms with Crippen molar-refractivity contribution in [2.75, 3.05) is 23.7 Å². The van der Waals surface area contributed by atoms with E-state index in [1.54, 1.807) is 12.4 Å². The van der Waals surface area contributed by atoms with Gasteiger partial charge >= 0.3 is 6.09 Å². The Morgan fingerprint density at radius 2 is 1.96 bits per heavy atom. The van der Waals surface area contributed by atoms with Crippen molar-refractivity contribution < 1.29 is 9.53 Å². The van der Waals surface area contributed by atoms with Crippen LogP contribution in [0, 0.1) is 0 Å². The molecule has 1 saturated heterocycles. The van der Waals surface area contributed by atoms with E-state index < -0.39 is 5.60 Å². The van der Waals surface area contributed by atoms with Gasteiger partial charge in [0, 0.05) is 25.3 Å². The highest BCUT2D eigenvalue weighted by atomic mass is 16.6. The Balaban J connectivity index is 0.00000127. The maximum Gasteiger partial charge on any atom is 0.407 e. The van der Waals surface area contributed by atoms with Crippen molar-refractivity contribution in [1.29, 1.82) is 0 Å². The Labute approximate surface area is 139 Å². The van der Waals surface area contributed by atoms with Crippen LogP contribution in [0.4, 0.5) is 16.2 Å². The number of pyridine rings is 1. The van der Waals surface area contributed by atoms with E-state index in [4.69, 9.17) is 10.5 Å². The molecule has 2 rings (SSSR count). The summed E-state index contributed by atoms with van der Waals surface area (Å²) >= 11 is 0. The number of anilines is 2. The number of nitrogen functional groups attached to an aromatic ring is 1. The second-order valence-electron chi connectivity index (χ2n) is 6.34. The molecule has 0 saturated carbocycles. The maximum atomic E-state index is 11.8. The maximum absolute atomic E-state index is 11.8. The van der Waals surface area contributed by atoms with E-state index in [0.29, 0.717) is 5.69 Å². The normalized spacial score (nSPS) is 15.4. The number of amides is 1. The van der Waals surface area contributed by atoms with Gasteiger partial charge in [-0.3, -0.25) is 4.98 Å². The van der Waals surface area contributed by atoms with Gasteiger partial charge in [0.2, 0.25) is 0 Å². The van der Waals surface area contributed by atoms with Crippen LogP contribution >= 0.6 is 0 Å². The third-order valence-electron chi connectivity index (χ3n) is 3.38. The summed E-state index contributed by atoms with van der Waals surface area (Å²) in [7, 11) is 0. The van der Waals surface area contributed by atoms with E-state index in [2.05, 4.69) is 15.2 Å². The number of piperidine rings is 1. The Hall–Kier alpha value is -1.98. The number of carbonyl (C=O) groups is 1. The van der Waals surface area contributed by atoms with Crippen molar-refractivity contribution in [2.24, 2.45) is 0 Å². The van der Waals surface area contributed by atoms with E-state index in [1.165, 1.54) is 0 Å². The monoisotopic (exact) mass is 322 g/mol. The summed E-state index contributed by atoms with van der Waals surface area (Å²) < 4.78 is 5.28. The first-order valence-corrected chi connectivity index (χ1v) is 8.29. The van der Waals surface area contributed by atoms with E-state index >= 15 is 0 Å². The third-order valence-corrected chi connectivity index (χ3v) is 3.38. The second-order valence-corrected chi connectivity index (χ2v) is 6.34. The number of rotatable bonds is 2. The molecular formula is C17H30N4O2. The van der Waals surface area contributed by atoms with Crippen LogP contribution in [0.25, 0.3) is 0 Å². The van der Waals surface area contributed by atoms with Crippen molar-refractivity contribution in [3.05, 3.63) is 18.5 Å². The fraction of sp³-hybridized carbons (Fsp3) is 0.647. The number of nitrogens with zero attached hydrogens (tertiary/aromatic N) is 2. The minimum Gasteiger partial charge on any atom is -0.444 e. The van der Waals surface area contributed by atoms with Crippen LogP contribution in [-0.2, 0) is 4.74 Å². The number of hydrogen-bond donors (Lipinski definition) is 2. The van der Waals surface area contributed by atoms with Crippen LogP contribution in [0.15, 0.2) is 18.5 Å². The minimum atomic E-state index is -0.462. The number of nitrogens with one attached hydrogen (secondary N) is 1. The Bertz CT molecular complexity index is 492. The highest BCUT2D eigenvalue weighted by Crippen LogP contribution is 2.25. The first kappa shape index (κ1) is 19.1. The molecule has 0 radical (unpaired) electrons. The number of nitrogens with two attached hydrogens (primary N) is 1. The van der Waals surface area contributed by atoms with Crippen molar-refractivity contribution in [1.82, 2.24) is 10.3 Å². The zero-order valence-electron chi connectivity index (χ0n) is 14.9. The molecule has 0 aliphatic carbocycles. The molecule has 6 heteroatoms. The van der Waals surface area contributed by atoms with Gasteiger partial charge in [0.15, 0.2) is 0 Å². The molecule has 0 bridgehead atoms. The lowest BCUT2D eigenvalue weighted by atomic mass is 10.0. The molecule has 1 aromatic heterocycles. The largest absolute Gasteiger partial charge is 0.444 e. The minimum absolute atomic E-state index is 0.152. The first-order valence-electron chi connectivity index (χ1n) is 8.29. The second kappa shape index (κ2) is 8.60. The van der Waals surface area contributed by atoms with Crippen molar-refractivity contribution in [3.8, 4) is 0 Å². The van der Waals surface area contributed by atoms with Crippen LogP contribution < -0.4 is 16.0 Å². The lowest BCUT2D eigenvalue weighted by molar-refractivity contribution is 0.0497. The van der Waals surface area contributed by atoms with Crippen molar-refractivity contribution in [3.63, 3.8) is 0 Å². The van der Waals surface area contributed by atoms with E-state index in [0.717, 1.165) is 31.6 Å². The Morgan fingerprint density at radius 3 is 2.48 bits per heavy atom. The van der Waals surface area contributed by atoms with Crippen LogP contribution in [0.5, 0.6) is 0 Å². The number of hydrogen-bond acceptors (Lipinski definition) is 5. The fourth-order valence-corrected chi connectivity index (χ4v) is 2.43. The first-order chi connectivity index (χ1) is 10.8. The quantitative estimate of drug-likeness (QED) is 0.874. The standard InChI is InChI=1S/C15H24N4O2.C2H6/c1-15(2,3)21-14(20)18-11-5-8-19(9-6-11)13-4-7-17-10-12(13)16;1-2/h4,7,10-11H,5-6,8-9,16H2,1-3H3,(H,18,20);1-2H3. The highest BCUT2D eigenvalue weighted by molar-refractivity contribution is 5.68. The average Bonchev–Trinajstić information content (AvgIpc) is 2.49. The third kappa shape index (κ3) is 6.34. The Morgan fingerprint density at radius 1 is 1.35 bits per heavy atom. The van der Waals surface area contributed by atoms with Crippen LogP contribution in [0.3, 0.4) is 0 Å². The molecule has 0 atom stereocenters. The molecule has 6 nitrogen and oxygen atoms in total. The summed E-state index contributed by atoms with van der Waals surface area (Å²) in [6.07, 6.45) is 4.82. The molecule has 1 amide bonds. The zero-order chi connectivity index (χ0) is 17.5. The predicted octanol–water partition coefficient (Wildman–Crippen LogP) is 3.18. The zero-order valence-corrected chi connectivity index (χ0v) is 14.9. The molecule has 130 valence electrons. The van der Waals surface area contributed by atoms with E-state index in [-0.39, 0.29) is 12.1 Å². The summed E-state index contributed by atoms with van der Waals surface area (Å²) in [4.78, 5) is 18.0. The van der Waals surface area contributed by atoms with Gasteiger partial charge < -0.3 is 20.7 Å². The molecule has 0 unspecified atom stereocenters. The number of aromatic nitrogens is 1. The van der Waals surface area contributed by atoms with Gasteiger partial charge in [-0.15, -0.1) is 0 Å². The topological polar surface area (TPSA) is 80.5 Å². The lowest BCUT2D eigenvalue weighted by Crippen LogP contribution is -2.46. The van der Waals surface area contributed by atoms with Gasteiger partial charge in [-0.1, -0.05) is 13.8 Å². The van der Waals surface area contributed by atoms with Gasteiger partial charge in [0.25, 0.3) is 0 Å². The molecule has 1 aliphatic heterocycles. The number of alkyl carbamates (subject to hydrolysis) is 1. The summed E-state index contributed by atoms with van der Waals surface area (Å²) in [5.41, 5.74) is 7.19. The SMILES string of the molecule is CC.CC(C)(C)OC(=O)NC1CCN(c2ccncc2N)CC1. The fourth-order valence-electron chi connectivity index (χ4n) is 2.43. The predicted molar refractivity (Wildman–Crippen MR) is 94.6 cm³/mol. The molecule has 0 aromatic carbocycles. The molecule has 1 aromatic rings. The van der Waals surface area contributed by atoms with Gasteiger partial charge in [0.05, 0.1) is 17.6 Å². The van der Waals surface area contributed by atoms with Crippen molar-refractivity contribution in [2.45, 2.75) is 59.1 Å². The molecule has 23 heavy (non-hydrogen) atoms. The van der Waals surface area contributed by atoms with Crippen LogP contribution in [0.1, 0.15) is 47.5 Å². The number of carbonyl (C=O) groups excluding carboxylic acids is 1. The Kier molecular flexibility index (Phi) is 7.13. The molecule has 2 heterocycles. The highest BCUT2D eigenvalue weighted by Gasteiger charge is 2.24. The molecule has 1 aliphatic rings. The lowest BCUT2D eigenvalue weighted by Gasteiger charge is -2.34. The summed E-state index contributed by atoms with van der Waals surface area (Å²) in [5, 5.41) is 2.93. The van der Waals surface area contributed by atoms with Crippen LogP contribution in [0.2, 0.25) is 0 Å². The molecule has 0 spiro atoms. The molecular weight excluding hydrogens is 292 g/mol. The average molecular weight is 322 g/mol. The van der Waals surface area contributed by atoms with Gasteiger partial charge in [0.1, 0.15) is 5.60 Å². The van der Waals surface area contributed by atoms with Gasteiger partial charge in [-0.25, -0.2) is 4.79 Å². The van der Waals surface area contributed by atoms with E-state index in [1.807, 2.05) is 40.7 Å². The summed E-state index contributed by atoms with van der Waals surface area (Å²) in [5.74, 6) is 0.